The van der Waals surface area contributed by atoms with Gasteiger partial charge in [0.1, 0.15) is 5.82 Å². The average molecular weight is 404 g/mol. The van der Waals surface area contributed by atoms with Gasteiger partial charge >= 0.3 is 0 Å². The third kappa shape index (κ3) is 4.70. The van der Waals surface area contributed by atoms with Crippen LogP contribution in [0.25, 0.3) is 22.3 Å². The van der Waals surface area contributed by atoms with Crippen LogP contribution in [0.2, 0.25) is 0 Å². The van der Waals surface area contributed by atoms with Crippen molar-refractivity contribution in [1.82, 2.24) is 9.97 Å². The van der Waals surface area contributed by atoms with E-state index in [2.05, 4.69) is 15.0 Å². The number of hydrogen-bond donors (Lipinski definition) is 2. The second-order valence-corrected chi connectivity index (χ2v) is 8.46. The van der Waals surface area contributed by atoms with E-state index in [1.807, 2.05) is 66.7 Å². The van der Waals surface area contributed by atoms with Crippen molar-refractivity contribution in [2.24, 2.45) is 0 Å². The maximum absolute atomic E-state index is 11.5. The highest BCUT2D eigenvalue weighted by Gasteiger charge is 2.09. The lowest BCUT2D eigenvalue weighted by molar-refractivity contribution is 0.607. The number of rotatable bonds is 6. The van der Waals surface area contributed by atoms with Crippen LogP contribution < -0.4 is 10.0 Å². The Morgan fingerprint density at radius 2 is 1.62 bits per heavy atom. The molecule has 0 bridgehead atoms. The second kappa shape index (κ2) is 7.89. The van der Waals surface area contributed by atoms with Gasteiger partial charge in [-0.15, -0.1) is 0 Å². The van der Waals surface area contributed by atoms with E-state index < -0.39 is 10.0 Å². The van der Waals surface area contributed by atoms with Gasteiger partial charge in [-0.3, -0.25) is 4.72 Å². The summed E-state index contributed by atoms with van der Waals surface area (Å²) in [6.07, 6.45) is 1.13. The van der Waals surface area contributed by atoms with Crippen LogP contribution in [-0.4, -0.2) is 24.6 Å². The third-order valence-corrected chi connectivity index (χ3v) is 4.93. The van der Waals surface area contributed by atoms with Crippen LogP contribution in [-0.2, 0) is 16.6 Å². The second-order valence-electron chi connectivity index (χ2n) is 6.71. The molecule has 0 aliphatic heterocycles. The first-order valence-electron chi connectivity index (χ1n) is 9.11. The molecule has 4 aromatic rings. The highest BCUT2D eigenvalue weighted by Crippen LogP contribution is 2.25. The molecule has 0 radical (unpaired) electrons. The van der Waals surface area contributed by atoms with E-state index >= 15 is 0 Å². The Morgan fingerprint density at radius 1 is 0.862 bits per heavy atom. The number of hydrogen-bond acceptors (Lipinski definition) is 5. The van der Waals surface area contributed by atoms with E-state index in [1.165, 1.54) is 0 Å². The Hall–Kier alpha value is -3.45. The molecule has 0 amide bonds. The molecule has 29 heavy (non-hydrogen) atoms. The van der Waals surface area contributed by atoms with E-state index in [9.17, 15) is 8.42 Å². The van der Waals surface area contributed by atoms with Crippen molar-refractivity contribution in [1.29, 1.82) is 0 Å². The number of nitrogens with one attached hydrogen (secondary N) is 2. The minimum absolute atomic E-state index is 0.495. The SMILES string of the molecule is CS(=O)(=O)Nc1cccc(CNc2nc(-c3ccccc3)nc3ccccc23)c1. The Balaban J connectivity index is 1.65. The van der Waals surface area contributed by atoms with Crippen molar-refractivity contribution in [3.8, 4) is 11.4 Å². The number of nitrogens with zero attached hydrogens (tertiary/aromatic N) is 2. The van der Waals surface area contributed by atoms with Crippen molar-refractivity contribution >= 4 is 32.4 Å². The molecule has 0 aliphatic carbocycles. The maximum Gasteiger partial charge on any atom is 0.229 e. The molecule has 146 valence electrons. The van der Waals surface area contributed by atoms with Crippen LogP contribution in [0.15, 0.2) is 78.9 Å². The number of aromatic nitrogens is 2. The number of para-hydroxylation sites is 1. The fourth-order valence-corrected chi connectivity index (χ4v) is 3.63. The fraction of sp³-hybridized carbons (Fsp3) is 0.0909. The number of anilines is 2. The zero-order valence-corrected chi connectivity index (χ0v) is 16.6. The van der Waals surface area contributed by atoms with Gasteiger partial charge in [0.05, 0.1) is 11.8 Å². The summed E-state index contributed by atoms with van der Waals surface area (Å²) in [7, 11) is -3.32. The van der Waals surface area contributed by atoms with Gasteiger partial charge in [0, 0.05) is 23.2 Å². The summed E-state index contributed by atoms with van der Waals surface area (Å²) in [5, 5.41) is 4.30. The standard InChI is InChI=1S/C22H20N4O2S/c1-29(27,28)26-18-11-7-8-16(14-18)15-23-22-19-12-5-6-13-20(19)24-21(25-22)17-9-3-2-4-10-17/h2-14,26H,15H2,1H3,(H,23,24,25). The summed E-state index contributed by atoms with van der Waals surface area (Å²) in [6.45, 7) is 0.495. The lowest BCUT2D eigenvalue weighted by atomic mass is 10.1. The molecule has 0 aliphatic rings. The zero-order chi connectivity index (χ0) is 20.3. The molecule has 1 aromatic heterocycles. The van der Waals surface area contributed by atoms with Gasteiger partial charge in [-0.25, -0.2) is 18.4 Å². The highest BCUT2D eigenvalue weighted by atomic mass is 32.2. The molecule has 0 saturated carbocycles. The van der Waals surface area contributed by atoms with Gasteiger partial charge in [-0.1, -0.05) is 54.6 Å². The van der Waals surface area contributed by atoms with Crippen molar-refractivity contribution in [3.63, 3.8) is 0 Å². The monoisotopic (exact) mass is 404 g/mol. The molecule has 0 unspecified atom stereocenters. The predicted octanol–water partition coefficient (Wildman–Crippen LogP) is 4.28. The molecule has 0 spiro atoms. The van der Waals surface area contributed by atoms with E-state index in [0.29, 0.717) is 18.1 Å². The molecule has 0 fully saturated rings. The molecule has 1 heterocycles. The predicted molar refractivity (Wildman–Crippen MR) is 117 cm³/mol. The Bertz CT molecular complexity index is 1260. The van der Waals surface area contributed by atoms with Crippen molar-refractivity contribution < 1.29 is 8.42 Å². The van der Waals surface area contributed by atoms with E-state index in [4.69, 9.17) is 4.98 Å². The molecular weight excluding hydrogens is 384 g/mol. The molecule has 2 N–H and O–H groups in total. The summed E-state index contributed by atoms with van der Waals surface area (Å²) in [4.78, 5) is 9.42. The van der Waals surface area contributed by atoms with Gasteiger partial charge in [0.2, 0.25) is 10.0 Å². The minimum atomic E-state index is -3.32. The molecule has 7 heteroatoms. The van der Waals surface area contributed by atoms with Crippen molar-refractivity contribution in [3.05, 3.63) is 84.4 Å². The molecule has 6 nitrogen and oxygen atoms in total. The van der Waals surface area contributed by atoms with Crippen LogP contribution in [0.5, 0.6) is 0 Å². The Morgan fingerprint density at radius 3 is 2.41 bits per heavy atom. The number of sulfonamides is 1. The van der Waals surface area contributed by atoms with Gasteiger partial charge in [-0.2, -0.15) is 0 Å². The molecular formula is C22H20N4O2S. The molecule has 4 rings (SSSR count). The lowest BCUT2D eigenvalue weighted by Gasteiger charge is -2.12. The number of fused-ring (bicyclic) bond motifs is 1. The van der Waals surface area contributed by atoms with E-state index in [1.54, 1.807) is 12.1 Å². The largest absolute Gasteiger partial charge is 0.365 e. The zero-order valence-electron chi connectivity index (χ0n) is 15.8. The van der Waals surface area contributed by atoms with Crippen LogP contribution in [0, 0.1) is 0 Å². The average Bonchev–Trinajstić information content (AvgIpc) is 2.71. The van der Waals surface area contributed by atoms with Gasteiger partial charge in [0.25, 0.3) is 0 Å². The van der Waals surface area contributed by atoms with Crippen LogP contribution in [0.1, 0.15) is 5.56 Å². The summed E-state index contributed by atoms with van der Waals surface area (Å²) in [5.74, 6) is 1.38. The quantitative estimate of drug-likeness (QED) is 0.501. The first kappa shape index (κ1) is 18.9. The maximum atomic E-state index is 11.5. The van der Waals surface area contributed by atoms with Crippen LogP contribution in [0.4, 0.5) is 11.5 Å². The minimum Gasteiger partial charge on any atom is -0.365 e. The van der Waals surface area contributed by atoms with E-state index in [-0.39, 0.29) is 0 Å². The number of benzene rings is 3. The normalized spacial score (nSPS) is 11.3. The fourth-order valence-electron chi connectivity index (χ4n) is 3.07. The lowest BCUT2D eigenvalue weighted by Crippen LogP contribution is -2.10. The van der Waals surface area contributed by atoms with Gasteiger partial charge < -0.3 is 5.32 Å². The Labute approximate surface area is 169 Å². The topological polar surface area (TPSA) is 84.0 Å². The molecule has 0 atom stereocenters. The van der Waals surface area contributed by atoms with Gasteiger partial charge in [-0.05, 0) is 29.8 Å². The third-order valence-electron chi connectivity index (χ3n) is 4.33. The van der Waals surface area contributed by atoms with Crippen molar-refractivity contribution in [2.75, 3.05) is 16.3 Å². The van der Waals surface area contributed by atoms with E-state index in [0.717, 1.165) is 34.1 Å². The van der Waals surface area contributed by atoms with Crippen molar-refractivity contribution in [2.45, 2.75) is 6.54 Å². The molecule has 3 aromatic carbocycles. The Kier molecular flexibility index (Phi) is 5.14. The highest BCUT2D eigenvalue weighted by molar-refractivity contribution is 7.92. The first-order chi connectivity index (χ1) is 14.0. The van der Waals surface area contributed by atoms with Gasteiger partial charge in [0.15, 0.2) is 5.82 Å². The summed E-state index contributed by atoms with van der Waals surface area (Å²) >= 11 is 0. The van der Waals surface area contributed by atoms with Crippen LogP contribution >= 0.6 is 0 Å². The van der Waals surface area contributed by atoms with Crippen LogP contribution in [0.3, 0.4) is 0 Å². The first-order valence-corrected chi connectivity index (χ1v) is 11.0. The molecule has 0 saturated heterocycles. The summed E-state index contributed by atoms with van der Waals surface area (Å²) < 4.78 is 25.4. The summed E-state index contributed by atoms with van der Waals surface area (Å²) in [5.41, 5.74) is 3.27. The smallest absolute Gasteiger partial charge is 0.229 e. The summed E-state index contributed by atoms with van der Waals surface area (Å²) in [6, 6.07) is 25.0.